The first-order chi connectivity index (χ1) is 10.1. The van der Waals surface area contributed by atoms with Gasteiger partial charge in [0.2, 0.25) is 0 Å². The summed E-state index contributed by atoms with van der Waals surface area (Å²) in [5, 5.41) is 2.84. The Morgan fingerprint density at radius 2 is 2.14 bits per heavy atom. The van der Waals surface area contributed by atoms with Gasteiger partial charge >= 0.3 is 6.03 Å². The van der Waals surface area contributed by atoms with Crippen molar-refractivity contribution in [2.24, 2.45) is 5.73 Å². The molecule has 0 bridgehead atoms. The number of pyridine rings is 1. The smallest absolute Gasteiger partial charge is 0.325 e. The van der Waals surface area contributed by atoms with Crippen molar-refractivity contribution in [1.82, 2.24) is 15.2 Å². The van der Waals surface area contributed by atoms with Crippen LogP contribution in [0.4, 0.5) is 4.79 Å². The molecule has 7 nitrogen and oxygen atoms in total. The number of aromatic nitrogens is 1. The van der Waals surface area contributed by atoms with Crippen molar-refractivity contribution in [3.63, 3.8) is 0 Å². The predicted octanol–water partition coefficient (Wildman–Crippen LogP) is 0.141. The summed E-state index contributed by atoms with van der Waals surface area (Å²) in [4.78, 5) is 30.1. The number of ether oxygens (including phenoxy) is 1. The summed E-state index contributed by atoms with van der Waals surface area (Å²) in [5.41, 5.74) is 6.36. The van der Waals surface area contributed by atoms with Gasteiger partial charge in [0.25, 0.3) is 5.91 Å². The molecule has 0 radical (unpaired) electrons. The molecule has 0 unspecified atom stereocenters. The fourth-order valence-corrected chi connectivity index (χ4v) is 2.80. The number of nitrogens with zero attached hydrogens (tertiary/aromatic N) is 2. The number of rotatable bonds is 3. The van der Waals surface area contributed by atoms with Crippen LogP contribution in [0.25, 0.3) is 0 Å². The minimum Gasteiger partial charge on any atom is -0.381 e. The van der Waals surface area contributed by atoms with E-state index in [4.69, 9.17) is 10.5 Å². The van der Waals surface area contributed by atoms with E-state index in [0.717, 1.165) is 11.3 Å². The molecule has 2 aliphatic heterocycles. The van der Waals surface area contributed by atoms with Crippen molar-refractivity contribution in [3.05, 3.63) is 29.6 Å². The lowest BCUT2D eigenvalue weighted by atomic mass is 9.90. The quantitative estimate of drug-likeness (QED) is 0.772. The molecule has 3 N–H and O–H groups in total. The number of carbonyl (C=O) groups excluding carboxylic acids is 2. The Morgan fingerprint density at radius 3 is 2.86 bits per heavy atom. The first-order valence-electron chi connectivity index (χ1n) is 7.00. The first-order valence-corrected chi connectivity index (χ1v) is 7.00. The molecule has 1 aromatic heterocycles. The molecule has 3 rings (SSSR count). The number of hydrogen-bond donors (Lipinski definition) is 2. The van der Waals surface area contributed by atoms with Crippen LogP contribution in [0, 0.1) is 0 Å². The van der Waals surface area contributed by atoms with Crippen molar-refractivity contribution in [1.29, 1.82) is 0 Å². The van der Waals surface area contributed by atoms with E-state index in [0.29, 0.717) is 32.6 Å². The van der Waals surface area contributed by atoms with E-state index in [1.165, 1.54) is 4.90 Å². The summed E-state index contributed by atoms with van der Waals surface area (Å²) in [7, 11) is 0. The monoisotopic (exact) mass is 290 g/mol. The number of nitrogens with two attached hydrogens (primary N) is 1. The van der Waals surface area contributed by atoms with Crippen molar-refractivity contribution in [2.75, 3.05) is 13.2 Å². The summed E-state index contributed by atoms with van der Waals surface area (Å²) in [6.45, 7) is 1.55. The van der Waals surface area contributed by atoms with E-state index >= 15 is 0 Å². The highest BCUT2D eigenvalue weighted by Gasteiger charge is 2.51. The molecule has 3 heterocycles. The van der Waals surface area contributed by atoms with Gasteiger partial charge in [-0.25, -0.2) is 4.79 Å². The number of urea groups is 1. The van der Waals surface area contributed by atoms with E-state index in [9.17, 15) is 9.59 Å². The lowest BCUT2D eigenvalue weighted by molar-refractivity contribution is -0.134. The average Bonchev–Trinajstić information content (AvgIpc) is 2.73. The van der Waals surface area contributed by atoms with Gasteiger partial charge in [0, 0.05) is 38.8 Å². The largest absolute Gasteiger partial charge is 0.381 e. The second-order valence-corrected chi connectivity index (χ2v) is 5.38. The van der Waals surface area contributed by atoms with Crippen LogP contribution in [0.3, 0.4) is 0 Å². The molecule has 2 fully saturated rings. The zero-order valence-corrected chi connectivity index (χ0v) is 11.7. The van der Waals surface area contributed by atoms with Crippen LogP contribution >= 0.6 is 0 Å². The molecule has 2 aliphatic rings. The third-order valence-electron chi connectivity index (χ3n) is 4.02. The average molecular weight is 290 g/mol. The zero-order valence-electron chi connectivity index (χ0n) is 11.7. The fourth-order valence-electron chi connectivity index (χ4n) is 2.80. The van der Waals surface area contributed by atoms with Crippen LogP contribution in [0.1, 0.15) is 24.1 Å². The van der Waals surface area contributed by atoms with Crippen LogP contribution < -0.4 is 11.1 Å². The standard InChI is InChI=1S/C14H18N4O3/c15-8-11-7-10(1-4-16-11)9-18-12(19)14(17-13(18)20)2-5-21-6-3-14/h1,4,7H,2-3,5-6,8-9,15H2,(H,17,20). The third-order valence-corrected chi connectivity index (χ3v) is 4.02. The van der Waals surface area contributed by atoms with E-state index in [1.807, 2.05) is 6.07 Å². The van der Waals surface area contributed by atoms with Gasteiger partial charge in [-0.05, 0) is 17.7 Å². The molecule has 0 saturated carbocycles. The number of carbonyl (C=O) groups is 2. The molecule has 7 heteroatoms. The minimum absolute atomic E-state index is 0.165. The molecule has 0 atom stereocenters. The summed E-state index contributed by atoms with van der Waals surface area (Å²) in [5.74, 6) is -0.165. The molecule has 3 amide bonds. The van der Waals surface area contributed by atoms with Crippen LogP contribution in [0.5, 0.6) is 0 Å². The Labute approximate surface area is 122 Å². The third kappa shape index (κ3) is 2.50. The van der Waals surface area contributed by atoms with Crippen molar-refractivity contribution in [2.45, 2.75) is 31.5 Å². The van der Waals surface area contributed by atoms with Crippen LogP contribution in [-0.2, 0) is 22.6 Å². The molecule has 1 spiro atoms. The van der Waals surface area contributed by atoms with Crippen LogP contribution in [-0.4, -0.2) is 40.6 Å². The van der Waals surface area contributed by atoms with Gasteiger partial charge in [0.1, 0.15) is 5.54 Å². The van der Waals surface area contributed by atoms with Gasteiger partial charge in [-0.15, -0.1) is 0 Å². The molecule has 0 aliphatic carbocycles. The maximum atomic E-state index is 12.6. The minimum atomic E-state index is -0.779. The van der Waals surface area contributed by atoms with Gasteiger partial charge in [0.05, 0.1) is 12.2 Å². The second-order valence-electron chi connectivity index (χ2n) is 5.38. The van der Waals surface area contributed by atoms with Crippen LogP contribution in [0.2, 0.25) is 0 Å². The second kappa shape index (κ2) is 5.42. The topological polar surface area (TPSA) is 97.5 Å². The Balaban J connectivity index is 1.79. The van der Waals surface area contributed by atoms with E-state index in [1.54, 1.807) is 12.3 Å². The van der Waals surface area contributed by atoms with Gasteiger partial charge in [0.15, 0.2) is 0 Å². The lowest BCUT2D eigenvalue weighted by Crippen LogP contribution is -2.51. The number of imide groups is 1. The van der Waals surface area contributed by atoms with E-state index in [2.05, 4.69) is 10.3 Å². The van der Waals surface area contributed by atoms with E-state index in [-0.39, 0.29) is 18.5 Å². The molecule has 2 saturated heterocycles. The van der Waals surface area contributed by atoms with Crippen molar-refractivity contribution < 1.29 is 14.3 Å². The molecule has 1 aromatic rings. The van der Waals surface area contributed by atoms with Gasteiger partial charge < -0.3 is 15.8 Å². The molecule has 0 aromatic carbocycles. The Bertz CT molecular complexity index is 569. The molecular formula is C14H18N4O3. The number of hydrogen-bond acceptors (Lipinski definition) is 5. The SMILES string of the molecule is NCc1cc(CN2C(=O)NC3(CCOCC3)C2=O)ccn1. The Morgan fingerprint density at radius 1 is 1.38 bits per heavy atom. The van der Waals surface area contributed by atoms with E-state index < -0.39 is 5.54 Å². The molecule has 21 heavy (non-hydrogen) atoms. The van der Waals surface area contributed by atoms with Gasteiger partial charge in [-0.2, -0.15) is 0 Å². The normalized spacial score (nSPS) is 20.9. The molecular weight excluding hydrogens is 272 g/mol. The maximum Gasteiger partial charge on any atom is 0.325 e. The van der Waals surface area contributed by atoms with Gasteiger partial charge in [-0.3, -0.25) is 14.7 Å². The zero-order chi connectivity index (χ0) is 14.9. The highest BCUT2D eigenvalue weighted by atomic mass is 16.5. The Kier molecular flexibility index (Phi) is 3.60. The highest BCUT2D eigenvalue weighted by Crippen LogP contribution is 2.29. The van der Waals surface area contributed by atoms with Crippen molar-refractivity contribution in [3.8, 4) is 0 Å². The van der Waals surface area contributed by atoms with Crippen LogP contribution in [0.15, 0.2) is 18.3 Å². The fraction of sp³-hybridized carbons (Fsp3) is 0.500. The number of nitrogens with one attached hydrogen (secondary N) is 1. The Hall–Kier alpha value is -1.99. The summed E-state index contributed by atoms with van der Waals surface area (Å²) >= 11 is 0. The first kappa shape index (κ1) is 14.0. The highest BCUT2D eigenvalue weighted by molar-refractivity contribution is 6.07. The van der Waals surface area contributed by atoms with Gasteiger partial charge in [-0.1, -0.05) is 0 Å². The summed E-state index contributed by atoms with van der Waals surface area (Å²) < 4.78 is 5.28. The number of amides is 3. The summed E-state index contributed by atoms with van der Waals surface area (Å²) in [6, 6.07) is 3.26. The summed E-state index contributed by atoms with van der Waals surface area (Å²) in [6.07, 6.45) is 2.69. The lowest BCUT2D eigenvalue weighted by Gasteiger charge is -2.30. The maximum absolute atomic E-state index is 12.6. The molecule has 112 valence electrons. The predicted molar refractivity (Wildman–Crippen MR) is 74.0 cm³/mol. The van der Waals surface area contributed by atoms with Crippen molar-refractivity contribution >= 4 is 11.9 Å².